The highest BCUT2D eigenvalue weighted by Gasteiger charge is 2.46. The van der Waals surface area contributed by atoms with E-state index in [9.17, 15) is 8.22 Å². The van der Waals surface area contributed by atoms with Crippen LogP contribution in [0.1, 0.15) is 90.0 Å². The van der Waals surface area contributed by atoms with Crippen LogP contribution in [0.15, 0.2) is 285 Å². The Kier molecular flexibility index (Phi) is 10.9. The van der Waals surface area contributed by atoms with Crippen LogP contribution in [0.25, 0.3) is 105 Å². The van der Waals surface area contributed by atoms with Gasteiger partial charge in [-0.2, -0.15) is 0 Å². The second kappa shape index (κ2) is 21.2. The van der Waals surface area contributed by atoms with Gasteiger partial charge >= 0.3 is 0 Å². The lowest BCUT2D eigenvalue weighted by atomic mass is 9.33. The van der Waals surface area contributed by atoms with Crippen LogP contribution >= 0.6 is 0 Å². The zero-order valence-corrected chi connectivity index (χ0v) is 55.3. The van der Waals surface area contributed by atoms with Crippen LogP contribution in [0.5, 0.6) is 0 Å². The van der Waals surface area contributed by atoms with Crippen molar-refractivity contribution in [2.24, 2.45) is 0 Å². The Hall–Kier alpha value is -11.1. The molecule has 13 aromatic carbocycles. The molecule has 0 saturated heterocycles. The van der Waals surface area contributed by atoms with Gasteiger partial charge in [-0.15, -0.1) is 0 Å². The van der Waals surface area contributed by atoms with E-state index in [1.54, 1.807) is 4.57 Å². The summed E-state index contributed by atoms with van der Waals surface area (Å²) in [6.45, 7) is 19.9. The normalized spacial score (nSPS) is 14.4. The van der Waals surface area contributed by atoms with E-state index in [2.05, 4.69) is 306 Å². The lowest BCUT2D eigenvalue weighted by Crippen LogP contribution is -2.61. The molecular weight excluding hydrogens is 1160 g/mol. The molecule has 0 aliphatic carbocycles. The molecule has 0 atom stereocenters. The van der Waals surface area contributed by atoms with Crippen molar-refractivity contribution in [2.75, 3.05) is 9.80 Å². The minimum atomic E-state index is -0.490. The number of benzene rings is 13. The number of anilines is 6. The van der Waals surface area contributed by atoms with Crippen molar-refractivity contribution < 1.29 is 11.0 Å². The lowest BCUT2D eigenvalue weighted by Gasteiger charge is -2.46. The summed E-state index contributed by atoms with van der Waals surface area (Å²) in [6, 6.07) is 82.7. The first-order chi connectivity index (χ1) is 49.9. The van der Waals surface area contributed by atoms with E-state index in [0.29, 0.717) is 5.69 Å². The Balaban J connectivity index is 1.00. The van der Waals surface area contributed by atoms with Gasteiger partial charge in [0.25, 0.3) is 6.71 Å². The van der Waals surface area contributed by atoms with Crippen LogP contribution in [-0.4, -0.2) is 20.4 Å². The smallest absolute Gasteiger partial charge is 0.252 e. The number of hydrogen-bond donors (Lipinski definition) is 0. The summed E-state index contributed by atoms with van der Waals surface area (Å²) in [4.78, 5) is 4.96. The van der Waals surface area contributed by atoms with Crippen molar-refractivity contribution in [3.63, 3.8) is 0 Å². The van der Waals surface area contributed by atoms with Gasteiger partial charge in [-0.3, -0.25) is 0 Å². The number of aromatic nitrogens is 3. The third-order valence-electron chi connectivity index (χ3n) is 20.3. The van der Waals surface area contributed by atoms with E-state index in [-0.39, 0.29) is 56.8 Å². The molecule has 2 aliphatic rings. The van der Waals surface area contributed by atoms with Gasteiger partial charge in [0.2, 0.25) is 0 Å². The monoisotopic (exact) mass is 1240 g/mol. The Bertz CT molecular complexity index is 6280. The number of rotatable bonds is 7. The van der Waals surface area contributed by atoms with Crippen LogP contribution in [0, 0.1) is 0 Å². The van der Waals surface area contributed by atoms with E-state index in [1.165, 1.54) is 5.56 Å². The molecule has 5 nitrogen and oxygen atoms in total. The molecule has 0 spiro atoms. The van der Waals surface area contributed by atoms with Gasteiger partial charge in [0.05, 0.1) is 55.4 Å². The Labute approximate surface area is 573 Å². The third kappa shape index (κ3) is 8.77. The Morgan fingerprint density at radius 1 is 0.302 bits per heavy atom. The average molecular weight is 1240 g/mol. The molecular formula is C90H74BN5. The van der Waals surface area contributed by atoms with Crippen molar-refractivity contribution in [1.29, 1.82) is 0 Å². The fourth-order valence-electron chi connectivity index (χ4n) is 15.6. The molecule has 5 heterocycles. The van der Waals surface area contributed by atoms with Crippen LogP contribution in [-0.2, 0) is 16.2 Å². The number of fused-ring (bicyclic) bond motifs is 14. The van der Waals surface area contributed by atoms with E-state index in [1.807, 2.05) is 12.1 Å². The minimum Gasteiger partial charge on any atom is -0.311 e. The molecule has 0 N–H and O–H groups in total. The molecule has 0 bridgehead atoms. The molecule has 0 fully saturated rings. The summed E-state index contributed by atoms with van der Waals surface area (Å²) in [7, 11) is 0. The molecule has 2 aliphatic heterocycles. The third-order valence-corrected chi connectivity index (χ3v) is 20.3. The Morgan fingerprint density at radius 3 is 1.27 bits per heavy atom. The minimum absolute atomic E-state index is 0.0231. The molecule has 96 heavy (non-hydrogen) atoms. The van der Waals surface area contributed by atoms with Crippen molar-refractivity contribution >= 4 is 123 Å². The zero-order chi connectivity index (χ0) is 72.1. The molecule has 16 aromatic rings. The summed E-state index contributed by atoms with van der Waals surface area (Å²) >= 11 is 0. The largest absolute Gasteiger partial charge is 0.311 e. The molecule has 6 heteroatoms. The van der Waals surface area contributed by atoms with Crippen LogP contribution in [0.4, 0.5) is 34.1 Å². The Morgan fingerprint density at radius 2 is 0.750 bits per heavy atom. The van der Waals surface area contributed by atoms with Crippen LogP contribution in [0.3, 0.4) is 0 Å². The predicted octanol–water partition coefficient (Wildman–Crippen LogP) is 22.3. The highest BCUT2D eigenvalue weighted by molar-refractivity contribution is 7.00. The summed E-state index contributed by atoms with van der Waals surface area (Å²) in [5.74, 6) is 0. The van der Waals surface area contributed by atoms with Gasteiger partial charge in [-0.25, -0.2) is 0 Å². The van der Waals surface area contributed by atoms with E-state index in [0.717, 1.165) is 139 Å². The maximum Gasteiger partial charge on any atom is 0.252 e. The highest BCUT2D eigenvalue weighted by atomic mass is 15.2. The molecule has 0 radical (unpaired) electrons. The lowest BCUT2D eigenvalue weighted by molar-refractivity contribution is 0.590. The average Bonchev–Trinajstić information content (AvgIpc) is 1.09. The first-order valence-electron chi connectivity index (χ1n) is 37.4. The summed E-state index contributed by atoms with van der Waals surface area (Å²) in [5.41, 5.74) is 22.5. The molecule has 18 rings (SSSR count). The number of nitrogens with zero attached hydrogens (tertiary/aromatic N) is 5. The quantitative estimate of drug-likeness (QED) is 0.148. The van der Waals surface area contributed by atoms with Gasteiger partial charge in [-0.05, 0) is 164 Å². The summed E-state index contributed by atoms with van der Waals surface area (Å²) < 4.78 is 81.3. The molecule has 0 unspecified atom stereocenters. The first-order valence-corrected chi connectivity index (χ1v) is 33.4. The summed E-state index contributed by atoms with van der Waals surface area (Å²) in [6.07, 6.45) is 0. The van der Waals surface area contributed by atoms with Crippen LogP contribution < -0.4 is 26.2 Å². The van der Waals surface area contributed by atoms with Gasteiger partial charge in [-0.1, -0.05) is 244 Å². The van der Waals surface area contributed by atoms with Gasteiger partial charge in [0.15, 0.2) is 0 Å². The molecule has 462 valence electrons. The second-order valence-electron chi connectivity index (χ2n) is 29.1. The van der Waals surface area contributed by atoms with Crippen molar-refractivity contribution in [3.05, 3.63) is 302 Å². The summed E-state index contributed by atoms with van der Waals surface area (Å²) in [5, 5.41) is 4.63. The maximum atomic E-state index is 9.73. The second-order valence-corrected chi connectivity index (χ2v) is 29.1. The number of hydrogen-bond acceptors (Lipinski definition) is 2. The first kappa shape index (κ1) is 49.5. The van der Waals surface area contributed by atoms with Crippen LogP contribution in [0.2, 0.25) is 0 Å². The van der Waals surface area contributed by atoms with Crippen molar-refractivity contribution in [3.8, 4) is 39.3 Å². The predicted molar refractivity (Wildman–Crippen MR) is 410 cm³/mol. The molecule has 3 aromatic heterocycles. The van der Waals surface area contributed by atoms with Gasteiger partial charge in [0, 0.05) is 83.3 Å². The zero-order valence-electron chi connectivity index (χ0n) is 63.3. The van der Waals surface area contributed by atoms with Gasteiger partial charge in [0.1, 0.15) is 0 Å². The van der Waals surface area contributed by atoms with Crippen molar-refractivity contribution in [2.45, 2.75) is 78.6 Å². The van der Waals surface area contributed by atoms with Gasteiger partial charge < -0.3 is 23.5 Å². The standard InChI is InChI=1S/C90H74BN5/c1-88(2,3)59-41-48-78(70(51-59)57-27-13-10-14-28-57)95-81-55-63(93-74-37-23-19-33-65(74)66-34-20-24-38-75(66)93)43-46-72(81)91-73-47-44-64(94-76-39-25-21-35-67(76)68-45-50-80-85(87(68)94)69-36-22-26-40-77(69)92(80)62-31-17-12-18-32-62)56-82(73)96(84-54-61(90(7,8)9)53-83(95)86(84)91)79-49-42-60(89(4,5)6)52-71(79)58-29-15-11-16-30-58/h10-56H,1-9H3/i19D,20D,23D,24D,33D,34D,37D,38D. The maximum absolute atomic E-state index is 9.73. The molecule has 0 amide bonds. The number of para-hydroxylation sites is 5. The fraction of sp³-hybridized carbons (Fsp3) is 0.133. The van der Waals surface area contributed by atoms with E-state index < -0.39 is 36.3 Å². The topological polar surface area (TPSA) is 21.3 Å². The molecule has 0 saturated carbocycles. The fourth-order valence-corrected chi connectivity index (χ4v) is 15.6. The van der Waals surface area contributed by atoms with Crippen molar-refractivity contribution in [1.82, 2.24) is 13.7 Å². The highest BCUT2D eigenvalue weighted by Crippen LogP contribution is 2.52. The van der Waals surface area contributed by atoms with E-state index in [4.69, 9.17) is 2.74 Å². The van der Waals surface area contributed by atoms with E-state index >= 15 is 0 Å². The SMILES string of the molecule is [2H]c1c([2H])c([2H])c2c(c1[2H])c1c([2H])c([2H])c([2H])c([2H])c1n2-c1ccc2c(c1)N(c1ccc(C(C)(C)C)cc1-c1ccccc1)c1cc(C(C)(C)C)cc3c1B2c1ccc(-n2c4ccccc4c4ccc5c(c6ccccc6n5-c5ccccc5)c42)cc1N3c1ccc(C(C)(C)C)cc1-c1ccccc1.